The van der Waals surface area contributed by atoms with E-state index in [2.05, 4.69) is 58.4 Å². The maximum atomic E-state index is 13.3. The molecule has 12 rings (SSSR count). The molecule has 7 aromatic carbocycles. The second-order valence-corrected chi connectivity index (χ2v) is 27.4. The number of nitrogens with one attached hydrogen (secondary N) is 4. The van der Waals surface area contributed by atoms with Crippen LogP contribution in [0.5, 0.6) is 0 Å². The number of carbonyl (C=O) groups excluding carboxylic acids is 5. The molecule has 0 spiro atoms. The molecule has 20 heteroatoms. The molecule has 0 saturated carbocycles. The van der Waals surface area contributed by atoms with E-state index in [1.165, 1.54) is 74.3 Å². The number of rotatable bonds is 24. The normalized spacial score (nSPS) is 16.9. The Morgan fingerprint density at radius 1 is 0.569 bits per heavy atom. The number of anilines is 2. The van der Waals surface area contributed by atoms with Gasteiger partial charge in [0.05, 0.1) is 0 Å². The van der Waals surface area contributed by atoms with E-state index in [1.54, 1.807) is 54.6 Å². The Kier molecular flexibility index (Phi) is 27.3. The van der Waals surface area contributed by atoms with E-state index < -0.39 is 6.23 Å². The molecular formula is C82H102F3N9O8. The van der Waals surface area contributed by atoms with Crippen LogP contribution in [0.2, 0.25) is 0 Å². The van der Waals surface area contributed by atoms with Gasteiger partial charge in [-0.2, -0.15) is 0 Å². The smallest absolute Gasteiger partial charge is 0.319 e. The molecule has 0 unspecified atom stereocenters. The van der Waals surface area contributed by atoms with Crippen LogP contribution in [0.3, 0.4) is 0 Å². The van der Waals surface area contributed by atoms with Crippen LogP contribution in [0.15, 0.2) is 191 Å². The van der Waals surface area contributed by atoms with Crippen molar-refractivity contribution in [3.05, 3.63) is 233 Å². The van der Waals surface area contributed by atoms with E-state index in [-0.39, 0.29) is 66.1 Å². The number of Topliss-reactive ketones (excluding diaryl/α,β-unsaturated/α-hetero) is 2. The molecule has 3 aliphatic heterocycles. The summed E-state index contributed by atoms with van der Waals surface area (Å²) >= 11 is 0. The zero-order valence-corrected chi connectivity index (χ0v) is 58.5. The number of carbonyl (C=O) groups is 5. The Hall–Kier alpha value is -9.86. The summed E-state index contributed by atoms with van der Waals surface area (Å²) < 4.78 is 49.7. The van der Waals surface area contributed by atoms with Gasteiger partial charge in [-0.05, 0) is 241 Å². The van der Waals surface area contributed by atoms with Crippen molar-refractivity contribution in [3.8, 4) is 22.5 Å². The number of hydrogen-bond donors (Lipinski definition) is 5. The minimum absolute atomic E-state index is 0. The van der Waals surface area contributed by atoms with Gasteiger partial charge in [-0.3, -0.25) is 24.2 Å². The Labute approximate surface area is 602 Å². The maximum absolute atomic E-state index is 13.3. The summed E-state index contributed by atoms with van der Waals surface area (Å²) in [5.41, 5.74) is 9.09. The fourth-order valence-corrected chi connectivity index (χ4v) is 13.6. The zero-order chi connectivity index (χ0) is 71.9. The summed E-state index contributed by atoms with van der Waals surface area (Å²) in [6, 6.07) is 47.1. The Morgan fingerprint density at radius 2 is 1.11 bits per heavy atom. The second kappa shape index (κ2) is 37.2. The van der Waals surface area contributed by atoms with Crippen molar-refractivity contribution < 1.29 is 58.4 Å². The van der Waals surface area contributed by atoms with E-state index in [4.69, 9.17) is 9.05 Å². The number of aromatic nitrogens is 2. The predicted octanol–water partition coefficient (Wildman–Crippen LogP) is 17.5. The number of nitrogens with zero attached hydrogens (tertiary/aromatic N) is 5. The Balaban J connectivity index is 0.000000284. The van der Waals surface area contributed by atoms with Crippen LogP contribution in [0.4, 0.5) is 34.1 Å². The lowest BCUT2D eigenvalue weighted by atomic mass is 9.91. The molecule has 0 bridgehead atoms. The highest BCUT2D eigenvalue weighted by Gasteiger charge is 2.28. The summed E-state index contributed by atoms with van der Waals surface area (Å²) in [5, 5.41) is 32.4. The first-order valence-corrected chi connectivity index (χ1v) is 35.4. The van der Waals surface area contributed by atoms with E-state index in [0.29, 0.717) is 64.5 Å². The van der Waals surface area contributed by atoms with E-state index >= 15 is 0 Å². The molecule has 5 N–H and O–H groups in total. The third-order valence-electron chi connectivity index (χ3n) is 19.0. The zero-order valence-electron chi connectivity index (χ0n) is 58.5. The van der Waals surface area contributed by atoms with Gasteiger partial charge in [-0.15, -0.1) is 0 Å². The number of aliphatic hydroxyl groups excluding tert-OH is 1. The lowest BCUT2D eigenvalue weighted by molar-refractivity contribution is -0.115. The molecule has 5 atom stereocenters. The standard InChI is InChI=1S/C29H32FN5O4.C27H34FN3O3.C26H26FNO.5H2/c1-19(13-28(36)35-10-2-3-21(18-35)14-20-4-6-24(30)7-5-20)31-29(37)32-25-16-22(26-8-11-38-33-26)15-23(17-25)27-9-12-39-34-27;1-18(29-27(34)30-26-15-23(19(2)32)14-24(16-26)20(3)33)10-12-31-11-4-5-22(17-31)13-21-6-8-25(28)9-7-21;27-25-10-9-23-16-22(6-8-24(23)18-25)19-28-14-12-21(13-15-28)17-26(29)11-7-20-4-2-1-3-5-20;;;;;/h4-9,11-12,15-17,19,21,28,36H,2-3,10,13-14,18H2,1H3,(H2,31,32,37);6-9,14-16,18,22H,4-5,10-13,17H2,1-3H3,(H2,29,30,34);1-11,16,18,21H,12-15,17,19H2;5*1H/b;;11-7+;;;;;/t19-,21+,28-;18-,22+;;;;;;/m11....../s1. The van der Waals surface area contributed by atoms with Gasteiger partial charge in [0, 0.05) is 111 Å². The van der Waals surface area contributed by atoms with Crippen LogP contribution < -0.4 is 21.3 Å². The van der Waals surface area contributed by atoms with Crippen molar-refractivity contribution in [2.45, 2.75) is 123 Å². The molecule has 17 nitrogen and oxygen atoms in total. The highest BCUT2D eigenvalue weighted by molar-refractivity contribution is 6.02. The molecule has 3 fully saturated rings. The molecule has 544 valence electrons. The molecule has 0 aliphatic carbocycles. The lowest BCUT2D eigenvalue weighted by Crippen LogP contribution is -2.47. The van der Waals surface area contributed by atoms with Crippen LogP contribution in [-0.2, 0) is 24.2 Å². The third-order valence-corrected chi connectivity index (χ3v) is 19.0. The number of ketones is 3. The van der Waals surface area contributed by atoms with Crippen molar-refractivity contribution in [1.82, 2.24) is 35.6 Å². The number of hydrogen-bond acceptors (Lipinski definition) is 13. The third kappa shape index (κ3) is 23.6. The van der Waals surface area contributed by atoms with Crippen LogP contribution >= 0.6 is 0 Å². The molecular weight excluding hydrogens is 1300 g/mol. The summed E-state index contributed by atoms with van der Waals surface area (Å²) in [6.45, 7) is 14.1. The van der Waals surface area contributed by atoms with Crippen molar-refractivity contribution in [3.63, 3.8) is 0 Å². The van der Waals surface area contributed by atoms with Crippen molar-refractivity contribution in [2.75, 3.05) is 56.4 Å². The Morgan fingerprint density at radius 3 is 1.70 bits per heavy atom. The second-order valence-electron chi connectivity index (χ2n) is 27.4. The molecule has 102 heavy (non-hydrogen) atoms. The van der Waals surface area contributed by atoms with E-state index in [9.17, 15) is 42.3 Å². The van der Waals surface area contributed by atoms with E-state index in [1.807, 2.05) is 92.7 Å². The highest BCUT2D eigenvalue weighted by Crippen LogP contribution is 2.31. The van der Waals surface area contributed by atoms with Gasteiger partial charge in [0.2, 0.25) is 0 Å². The largest absolute Gasteiger partial charge is 0.378 e. The first-order chi connectivity index (χ1) is 49.3. The van der Waals surface area contributed by atoms with Gasteiger partial charge in [0.15, 0.2) is 17.3 Å². The monoisotopic (exact) mass is 1400 g/mol. The quantitative estimate of drug-likeness (QED) is 0.0281. The molecule has 9 aromatic rings. The summed E-state index contributed by atoms with van der Waals surface area (Å²) in [6.07, 6.45) is 16.0. The minimum Gasteiger partial charge on any atom is -0.378 e. The van der Waals surface area contributed by atoms with Gasteiger partial charge in [-0.25, -0.2) is 22.8 Å². The topological polar surface area (TPSA) is 215 Å². The van der Waals surface area contributed by atoms with Gasteiger partial charge in [0.1, 0.15) is 47.6 Å². The number of halogens is 3. The number of piperidine rings is 3. The minimum atomic E-state index is -0.675. The van der Waals surface area contributed by atoms with Crippen LogP contribution in [0, 0.1) is 35.2 Å². The fraction of sp³-hybridized carbons (Fsp3) is 0.354. The van der Waals surface area contributed by atoms with Gasteiger partial charge < -0.3 is 40.3 Å². The number of fused-ring (bicyclic) bond motifs is 1. The molecule has 2 aromatic heterocycles. The number of urea groups is 2. The SMILES string of the molecule is CC(=O)c1cc(NC(=O)N[C@H](C)CCN2CCC[C@@H](Cc3ccc(F)cc3)C2)cc(C(C)=O)c1.C[C@H](C[C@@H](O)N1CCC[C@@H](Cc2ccc(F)cc2)C1)NC(=O)Nc1cc(-c2ccon2)cc(-c2ccon2)c1.O=C(/C=C/c1ccccc1)CC1CCN(Cc2ccc3cc(F)ccc3c2)CC1.[HH].[HH].[HH].[HH].[HH]. The molecule has 5 heterocycles. The summed E-state index contributed by atoms with van der Waals surface area (Å²) in [4.78, 5) is 68.1. The van der Waals surface area contributed by atoms with Crippen LogP contribution in [-0.4, -0.2) is 124 Å². The first-order valence-electron chi connectivity index (χ1n) is 35.4. The number of allylic oxidation sites excluding steroid dienone is 1. The van der Waals surface area contributed by atoms with Crippen LogP contribution in [0.25, 0.3) is 39.4 Å². The summed E-state index contributed by atoms with van der Waals surface area (Å²) in [5.74, 6) is 0.663. The van der Waals surface area contributed by atoms with Crippen molar-refractivity contribution in [2.24, 2.45) is 17.8 Å². The Bertz CT molecular complexity index is 4170. The number of likely N-dealkylation sites (tertiary alicyclic amines) is 3. The number of amides is 4. The van der Waals surface area contributed by atoms with Gasteiger partial charge in [-0.1, -0.05) is 89.2 Å². The van der Waals surface area contributed by atoms with E-state index in [0.717, 1.165) is 137 Å². The predicted molar refractivity (Wildman–Crippen MR) is 404 cm³/mol. The fourth-order valence-electron chi connectivity index (χ4n) is 13.6. The molecule has 3 aliphatic rings. The highest BCUT2D eigenvalue weighted by atomic mass is 19.1. The molecule has 3 saturated heterocycles. The van der Waals surface area contributed by atoms with Crippen molar-refractivity contribution >= 4 is 57.6 Å². The van der Waals surface area contributed by atoms with Gasteiger partial charge in [0.25, 0.3) is 0 Å². The average molecular weight is 1400 g/mol. The average Bonchev–Trinajstić information content (AvgIpc) is 1.81. The number of benzene rings is 7. The maximum Gasteiger partial charge on any atom is 0.319 e. The van der Waals surface area contributed by atoms with Crippen molar-refractivity contribution in [1.29, 1.82) is 0 Å². The number of aliphatic hydroxyl groups is 1. The lowest BCUT2D eigenvalue weighted by Gasteiger charge is -2.37. The van der Waals surface area contributed by atoms with Gasteiger partial charge >= 0.3 is 12.1 Å². The first kappa shape index (κ1) is 74.8. The summed E-state index contributed by atoms with van der Waals surface area (Å²) in [7, 11) is 0. The van der Waals surface area contributed by atoms with Crippen LogP contribution in [0.1, 0.15) is 136 Å². The molecule has 4 amide bonds. The molecule has 0 radical (unpaired) electrons.